The molecule has 2 aromatic rings. The van der Waals surface area contributed by atoms with Crippen molar-refractivity contribution >= 4 is 21.6 Å². The summed E-state index contributed by atoms with van der Waals surface area (Å²) in [5.74, 6) is 0. The predicted molar refractivity (Wildman–Crippen MR) is 97.8 cm³/mol. The Balaban J connectivity index is 1.80. The molecule has 0 radical (unpaired) electrons. The Hall–Kier alpha value is -2.42. The van der Waals surface area contributed by atoms with Crippen LogP contribution in [0.15, 0.2) is 29.4 Å². The molecule has 1 saturated heterocycles. The Morgan fingerprint density at radius 3 is 2.77 bits per heavy atom. The number of aromatic nitrogens is 3. The number of nitrogens with one attached hydrogen (secondary N) is 1. The van der Waals surface area contributed by atoms with E-state index in [4.69, 9.17) is 0 Å². The molecule has 0 spiro atoms. The number of urea groups is 1. The van der Waals surface area contributed by atoms with Crippen molar-refractivity contribution in [3.05, 3.63) is 35.7 Å². The molecule has 9 heteroatoms. The SMILES string of the molecule is Cc1cc(S(C)(=O)=O)cc(NC(=O)N2CCC[C@H]2Cn2ccnn2)c1C. The maximum absolute atomic E-state index is 12.8. The fourth-order valence-corrected chi connectivity index (χ4v) is 3.92. The van der Waals surface area contributed by atoms with Gasteiger partial charge in [0, 0.05) is 24.7 Å². The van der Waals surface area contributed by atoms with Crippen molar-refractivity contribution in [3.63, 3.8) is 0 Å². The van der Waals surface area contributed by atoms with Crippen molar-refractivity contribution in [1.29, 1.82) is 0 Å². The predicted octanol–water partition coefficient (Wildman–Crippen LogP) is 1.99. The van der Waals surface area contributed by atoms with Crippen LogP contribution in [0.1, 0.15) is 24.0 Å². The lowest BCUT2D eigenvalue weighted by Gasteiger charge is -2.25. The number of benzene rings is 1. The standard InChI is InChI=1S/C17H23N5O3S/c1-12-9-15(26(3,24)25)10-16(13(12)2)19-17(23)22-7-4-5-14(22)11-21-8-6-18-20-21/h6,8-10,14H,4-5,7,11H2,1-3H3,(H,19,23)/t14-/m0/s1. The number of amides is 2. The topological polar surface area (TPSA) is 97.2 Å². The summed E-state index contributed by atoms with van der Waals surface area (Å²) in [6.45, 7) is 4.96. The molecule has 1 N–H and O–H groups in total. The van der Waals surface area contributed by atoms with Gasteiger partial charge in [0.25, 0.3) is 0 Å². The largest absolute Gasteiger partial charge is 0.322 e. The molecule has 1 aliphatic heterocycles. The first-order chi connectivity index (χ1) is 12.3. The van der Waals surface area contributed by atoms with Crippen LogP contribution in [-0.4, -0.2) is 53.2 Å². The zero-order valence-electron chi connectivity index (χ0n) is 15.1. The van der Waals surface area contributed by atoms with Gasteiger partial charge in [0.15, 0.2) is 9.84 Å². The second kappa shape index (κ2) is 7.06. The van der Waals surface area contributed by atoms with Crippen LogP contribution in [-0.2, 0) is 16.4 Å². The van der Waals surface area contributed by atoms with E-state index >= 15 is 0 Å². The number of hydrogen-bond acceptors (Lipinski definition) is 5. The molecule has 0 aliphatic carbocycles. The highest BCUT2D eigenvalue weighted by atomic mass is 32.2. The zero-order chi connectivity index (χ0) is 18.9. The van der Waals surface area contributed by atoms with E-state index in [-0.39, 0.29) is 17.0 Å². The third-order valence-corrected chi connectivity index (χ3v) is 5.91. The van der Waals surface area contributed by atoms with Crippen molar-refractivity contribution in [1.82, 2.24) is 19.9 Å². The van der Waals surface area contributed by atoms with E-state index < -0.39 is 9.84 Å². The molecule has 8 nitrogen and oxygen atoms in total. The number of hydrogen-bond donors (Lipinski definition) is 1. The van der Waals surface area contributed by atoms with Crippen LogP contribution < -0.4 is 5.32 Å². The lowest BCUT2D eigenvalue weighted by Crippen LogP contribution is -2.41. The monoisotopic (exact) mass is 377 g/mol. The Morgan fingerprint density at radius 1 is 1.35 bits per heavy atom. The maximum Gasteiger partial charge on any atom is 0.322 e. The number of carbonyl (C=O) groups is 1. The second-order valence-corrected chi connectivity index (χ2v) is 8.75. The molecule has 26 heavy (non-hydrogen) atoms. The van der Waals surface area contributed by atoms with E-state index in [1.165, 1.54) is 6.07 Å². The average Bonchev–Trinajstić information content (AvgIpc) is 3.22. The van der Waals surface area contributed by atoms with Gasteiger partial charge in [-0.1, -0.05) is 5.21 Å². The number of sulfone groups is 1. The molecule has 3 rings (SSSR count). The Labute approximate surface area is 153 Å². The normalized spacial score (nSPS) is 17.5. The van der Waals surface area contributed by atoms with E-state index in [1.54, 1.807) is 28.0 Å². The molecule has 1 atom stereocenters. The summed E-state index contributed by atoms with van der Waals surface area (Å²) in [6.07, 6.45) is 6.37. The van der Waals surface area contributed by atoms with Gasteiger partial charge in [0.05, 0.1) is 23.7 Å². The molecule has 1 fully saturated rings. The number of nitrogens with zero attached hydrogens (tertiary/aromatic N) is 4. The van der Waals surface area contributed by atoms with Gasteiger partial charge in [-0.05, 0) is 49.9 Å². The van der Waals surface area contributed by atoms with Crippen LogP contribution in [0.2, 0.25) is 0 Å². The fourth-order valence-electron chi connectivity index (χ4n) is 3.20. The summed E-state index contributed by atoms with van der Waals surface area (Å²) in [4.78, 5) is 14.8. The van der Waals surface area contributed by atoms with E-state index in [2.05, 4.69) is 15.6 Å². The minimum atomic E-state index is -3.35. The Morgan fingerprint density at radius 2 is 2.12 bits per heavy atom. The first kappa shape index (κ1) is 18.4. The second-order valence-electron chi connectivity index (χ2n) is 6.73. The maximum atomic E-state index is 12.8. The molecule has 2 heterocycles. The molecule has 1 aromatic heterocycles. The lowest BCUT2D eigenvalue weighted by atomic mass is 10.1. The summed E-state index contributed by atoms with van der Waals surface area (Å²) in [5.41, 5.74) is 2.21. The van der Waals surface area contributed by atoms with Gasteiger partial charge in [0.1, 0.15) is 0 Å². The summed E-state index contributed by atoms with van der Waals surface area (Å²) in [7, 11) is -3.35. The fraction of sp³-hybridized carbons (Fsp3) is 0.471. The Bertz CT molecular complexity index is 909. The van der Waals surface area contributed by atoms with Crippen LogP contribution in [0.4, 0.5) is 10.5 Å². The third-order valence-electron chi connectivity index (χ3n) is 4.82. The molecule has 0 unspecified atom stereocenters. The highest BCUT2D eigenvalue weighted by Gasteiger charge is 2.29. The molecule has 0 saturated carbocycles. The van der Waals surface area contributed by atoms with E-state index in [0.29, 0.717) is 18.8 Å². The van der Waals surface area contributed by atoms with Crippen LogP contribution in [0, 0.1) is 13.8 Å². The average molecular weight is 377 g/mol. The summed E-state index contributed by atoms with van der Waals surface area (Å²) in [6, 6.07) is 2.97. The van der Waals surface area contributed by atoms with Crippen molar-refractivity contribution < 1.29 is 13.2 Å². The van der Waals surface area contributed by atoms with Crippen molar-refractivity contribution in [2.45, 2.75) is 44.2 Å². The van der Waals surface area contributed by atoms with Gasteiger partial charge >= 0.3 is 6.03 Å². The smallest absolute Gasteiger partial charge is 0.320 e. The summed E-state index contributed by atoms with van der Waals surface area (Å²) in [5, 5.41) is 10.6. The Kier molecular flexibility index (Phi) is 4.99. The van der Waals surface area contributed by atoms with Crippen LogP contribution in [0.5, 0.6) is 0 Å². The molecule has 1 aliphatic rings. The third kappa shape index (κ3) is 3.87. The number of aryl methyl sites for hydroxylation is 1. The summed E-state index contributed by atoms with van der Waals surface area (Å²) < 4.78 is 25.5. The summed E-state index contributed by atoms with van der Waals surface area (Å²) >= 11 is 0. The molecule has 1 aromatic carbocycles. The molecule has 2 amide bonds. The van der Waals surface area contributed by atoms with E-state index in [0.717, 1.165) is 30.2 Å². The number of likely N-dealkylation sites (tertiary alicyclic amines) is 1. The van der Waals surface area contributed by atoms with Gasteiger partial charge in [-0.3, -0.25) is 4.68 Å². The lowest BCUT2D eigenvalue weighted by molar-refractivity contribution is 0.199. The van der Waals surface area contributed by atoms with Crippen LogP contribution in [0.25, 0.3) is 0 Å². The van der Waals surface area contributed by atoms with Gasteiger partial charge in [-0.15, -0.1) is 5.10 Å². The van der Waals surface area contributed by atoms with Gasteiger partial charge in [0.2, 0.25) is 0 Å². The first-order valence-corrected chi connectivity index (χ1v) is 10.4. The minimum absolute atomic E-state index is 0.0381. The van der Waals surface area contributed by atoms with Gasteiger partial charge in [-0.25, -0.2) is 13.2 Å². The quantitative estimate of drug-likeness (QED) is 0.879. The van der Waals surface area contributed by atoms with Crippen LogP contribution in [0.3, 0.4) is 0 Å². The first-order valence-electron chi connectivity index (χ1n) is 8.49. The number of anilines is 1. The number of rotatable bonds is 4. The molecule has 0 bridgehead atoms. The highest BCUT2D eigenvalue weighted by Crippen LogP contribution is 2.26. The molecular formula is C17H23N5O3S. The number of carbonyl (C=O) groups excluding carboxylic acids is 1. The van der Waals surface area contributed by atoms with Crippen molar-refractivity contribution in [2.75, 3.05) is 18.1 Å². The van der Waals surface area contributed by atoms with Crippen LogP contribution >= 0.6 is 0 Å². The highest BCUT2D eigenvalue weighted by molar-refractivity contribution is 7.90. The van der Waals surface area contributed by atoms with Crippen molar-refractivity contribution in [2.24, 2.45) is 0 Å². The zero-order valence-corrected chi connectivity index (χ0v) is 16.0. The van der Waals surface area contributed by atoms with Gasteiger partial charge in [-0.2, -0.15) is 0 Å². The van der Waals surface area contributed by atoms with Crippen molar-refractivity contribution in [3.8, 4) is 0 Å². The van der Waals surface area contributed by atoms with E-state index in [1.807, 2.05) is 13.8 Å². The minimum Gasteiger partial charge on any atom is -0.320 e. The van der Waals surface area contributed by atoms with E-state index in [9.17, 15) is 13.2 Å². The molecule has 140 valence electrons. The van der Waals surface area contributed by atoms with Gasteiger partial charge < -0.3 is 10.2 Å². The molecular weight excluding hydrogens is 354 g/mol.